The van der Waals surface area contributed by atoms with Crippen molar-refractivity contribution in [2.75, 3.05) is 20.3 Å². The van der Waals surface area contributed by atoms with Crippen molar-refractivity contribution in [1.82, 2.24) is 9.88 Å². The van der Waals surface area contributed by atoms with Crippen LogP contribution in [0.5, 0.6) is 11.5 Å². The largest absolute Gasteiger partial charge is 0.497 e. The summed E-state index contributed by atoms with van der Waals surface area (Å²) in [4.78, 5) is 43.5. The highest BCUT2D eigenvalue weighted by molar-refractivity contribution is 6.09. The van der Waals surface area contributed by atoms with Crippen molar-refractivity contribution in [3.05, 3.63) is 89.2 Å². The van der Waals surface area contributed by atoms with Crippen molar-refractivity contribution >= 4 is 17.7 Å². The standard InChI is InChI=1S/C28H30N2O6/c1-19(2)11-13-30(17-20-8-4-5-10-25(20)36-18-26(31)32)28(34)22-14-21(15-23(16-22)35-3)27(33)24-9-6-7-12-29-24/h4-10,12,14-16,19H,11,13,17-18H2,1-3H3,(H,31,32). The quantitative estimate of drug-likeness (QED) is 0.373. The highest BCUT2D eigenvalue weighted by atomic mass is 16.5. The Morgan fingerprint density at radius 3 is 2.39 bits per heavy atom. The first-order valence-electron chi connectivity index (χ1n) is 11.6. The van der Waals surface area contributed by atoms with Gasteiger partial charge in [-0.15, -0.1) is 0 Å². The lowest BCUT2D eigenvalue weighted by Crippen LogP contribution is -2.32. The number of hydrogen-bond acceptors (Lipinski definition) is 6. The Morgan fingerprint density at radius 2 is 1.72 bits per heavy atom. The molecule has 1 heterocycles. The molecule has 1 aromatic heterocycles. The molecule has 0 saturated carbocycles. The minimum absolute atomic E-state index is 0.210. The maximum absolute atomic E-state index is 13.7. The van der Waals surface area contributed by atoms with Gasteiger partial charge in [0.2, 0.25) is 5.78 Å². The smallest absolute Gasteiger partial charge is 0.341 e. The number of carbonyl (C=O) groups excluding carboxylic acids is 2. The molecule has 0 aliphatic carbocycles. The van der Waals surface area contributed by atoms with E-state index in [-0.39, 0.29) is 23.9 Å². The van der Waals surface area contributed by atoms with E-state index in [0.717, 1.165) is 6.42 Å². The van der Waals surface area contributed by atoms with Crippen molar-refractivity contribution in [3.8, 4) is 11.5 Å². The van der Waals surface area contributed by atoms with Crippen LogP contribution in [0.1, 0.15) is 52.2 Å². The molecule has 1 N–H and O–H groups in total. The van der Waals surface area contributed by atoms with Crippen molar-refractivity contribution in [1.29, 1.82) is 0 Å². The number of para-hydroxylation sites is 1. The number of pyridine rings is 1. The normalized spacial score (nSPS) is 10.7. The Labute approximate surface area is 210 Å². The molecule has 0 spiro atoms. The van der Waals surface area contributed by atoms with Gasteiger partial charge in [0.25, 0.3) is 5.91 Å². The molecular formula is C28H30N2O6. The van der Waals surface area contributed by atoms with E-state index in [9.17, 15) is 14.4 Å². The maximum Gasteiger partial charge on any atom is 0.341 e. The molecule has 0 aliphatic heterocycles. The molecule has 3 rings (SSSR count). The van der Waals surface area contributed by atoms with Gasteiger partial charge in [0, 0.05) is 36.0 Å². The van der Waals surface area contributed by atoms with Crippen molar-refractivity contribution in [3.63, 3.8) is 0 Å². The first kappa shape index (κ1) is 26.4. The third-order valence-corrected chi connectivity index (χ3v) is 5.50. The van der Waals surface area contributed by atoms with E-state index in [1.807, 2.05) is 6.07 Å². The Kier molecular flexibility index (Phi) is 9.16. The third-order valence-electron chi connectivity index (χ3n) is 5.50. The molecule has 0 radical (unpaired) electrons. The molecule has 0 bridgehead atoms. The number of carboxylic acid groups (broad SMARTS) is 1. The number of nitrogens with zero attached hydrogens (tertiary/aromatic N) is 2. The topological polar surface area (TPSA) is 106 Å². The number of benzene rings is 2. The van der Waals surface area contributed by atoms with Gasteiger partial charge < -0.3 is 19.5 Å². The molecule has 3 aromatic rings. The number of carbonyl (C=O) groups is 3. The van der Waals surface area contributed by atoms with Crippen LogP contribution in [0.25, 0.3) is 0 Å². The number of hydrogen-bond donors (Lipinski definition) is 1. The van der Waals surface area contributed by atoms with E-state index in [0.29, 0.717) is 40.7 Å². The van der Waals surface area contributed by atoms with Crippen LogP contribution >= 0.6 is 0 Å². The minimum Gasteiger partial charge on any atom is -0.497 e. The number of amides is 1. The van der Waals surface area contributed by atoms with E-state index in [4.69, 9.17) is 14.6 Å². The molecule has 36 heavy (non-hydrogen) atoms. The number of ketones is 1. The Hall–Kier alpha value is -4.20. The predicted molar refractivity (Wildman–Crippen MR) is 134 cm³/mol. The molecule has 0 unspecified atom stereocenters. The van der Waals surface area contributed by atoms with Gasteiger partial charge in [-0.05, 0) is 48.7 Å². The lowest BCUT2D eigenvalue weighted by Gasteiger charge is -2.25. The van der Waals surface area contributed by atoms with E-state index in [1.165, 1.54) is 13.3 Å². The summed E-state index contributed by atoms with van der Waals surface area (Å²) in [6.45, 7) is 4.34. The maximum atomic E-state index is 13.7. The Bertz CT molecular complexity index is 1210. The van der Waals surface area contributed by atoms with Gasteiger partial charge in [-0.3, -0.25) is 14.6 Å². The number of aliphatic carboxylic acids is 1. The van der Waals surface area contributed by atoms with Crippen molar-refractivity contribution < 1.29 is 29.0 Å². The third kappa shape index (κ3) is 7.15. The van der Waals surface area contributed by atoms with Crippen LogP contribution in [0, 0.1) is 5.92 Å². The van der Waals surface area contributed by atoms with Gasteiger partial charge in [0.05, 0.1) is 7.11 Å². The van der Waals surface area contributed by atoms with Crippen LogP contribution in [0.4, 0.5) is 0 Å². The Morgan fingerprint density at radius 1 is 1.00 bits per heavy atom. The SMILES string of the molecule is COc1cc(C(=O)c2ccccn2)cc(C(=O)N(CCC(C)C)Cc2ccccc2OCC(=O)O)c1. The van der Waals surface area contributed by atoms with E-state index < -0.39 is 12.6 Å². The molecule has 0 aliphatic rings. The summed E-state index contributed by atoms with van der Waals surface area (Å²) in [6.07, 6.45) is 2.30. The summed E-state index contributed by atoms with van der Waals surface area (Å²) in [6, 6.07) is 16.8. The fourth-order valence-electron chi connectivity index (χ4n) is 3.59. The number of ether oxygens (including phenoxy) is 2. The van der Waals surface area contributed by atoms with Crippen LogP contribution in [0.15, 0.2) is 66.9 Å². The summed E-state index contributed by atoms with van der Waals surface area (Å²) >= 11 is 0. The van der Waals surface area contributed by atoms with E-state index in [2.05, 4.69) is 18.8 Å². The molecule has 0 saturated heterocycles. The van der Waals surface area contributed by atoms with Gasteiger partial charge in [0.1, 0.15) is 17.2 Å². The summed E-state index contributed by atoms with van der Waals surface area (Å²) in [7, 11) is 1.48. The molecule has 188 valence electrons. The van der Waals surface area contributed by atoms with Gasteiger partial charge in [0.15, 0.2) is 6.61 Å². The highest BCUT2D eigenvalue weighted by Gasteiger charge is 2.22. The summed E-state index contributed by atoms with van der Waals surface area (Å²) in [5.74, 6) is -0.542. The molecule has 0 fully saturated rings. The van der Waals surface area contributed by atoms with Gasteiger partial charge in [-0.25, -0.2) is 4.79 Å². The molecule has 0 atom stereocenters. The number of rotatable bonds is 12. The van der Waals surface area contributed by atoms with Crippen LogP contribution < -0.4 is 9.47 Å². The molecule has 8 heteroatoms. The molecule has 2 aromatic carbocycles. The predicted octanol–water partition coefficient (Wildman–Crippen LogP) is 4.47. The zero-order valence-electron chi connectivity index (χ0n) is 20.6. The summed E-state index contributed by atoms with van der Waals surface area (Å²) in [5.41, 5.74) is 1.56. The van der Waals surface area contributed by atoms with Gasteiger partial charge in [-0.2, -0.15) is 0 Å². The first-order chi connectivity index (χ1) is 17.3. The first-order valence-corrected chi connectivity index (χ1v) is 11.6. The average Bonchev–Trinajstić information content (AvgIpc) is 2.89. The average molecular weight is 491 g/mol. The fraction of sp³-hybridized carbons (Fsp3) is 0.286. The summed E-state index contributed by atoms with van der Waals surface area (Å²) in [5, 5.41) is 9.00. The van der Waals surface area contributed by atoms with Crippen LogP contribution in [0.3, 0.4) is 0 Å². The van der Waals surface area contributed by atoms with Crippen LogP contribution in [-0.2, 0) is 11.3 Å². The second kappa shape index (κ2) is 12.5. The lowest BCUT2D eigenvalue weighted by molar-refractivity contribution is -0.139. The van der Waals surface area contributed by atoms with Crippen LogP contribution in [-0.4, -0.2) is 52.9 Å². The number of aromatic nitrogens is 1. The zero-order valence-corrected chi connectivity index (χ0v) is 20.6. The zero-order chi connectivity index (χ0) is 26.1. The second-order valence-corrected chi connectivity index (χ2v) is 8.69. The number of methoxy groups -OCH3 is 1. The molecule has 8 nitrogen and oxygen atoms in total. The van der Waals surface area contributed by atoms with E-state index >= 15 is 0 Å². The number of carboxylic acids is 1. The van der Waals surface area contributed by atoms with Gasteiger partial charge >= 0.3 is 5.97 Å². The minimum atomic E-state index is -1.08. The van der Waals surface area contributed by atoms with Gasteiger partial charge in [-0.1, -0.05) is 38.1 Å². The Balaban J connectivity index is 1.94. The van der Waals surface area contributed by atoms with E-state index in [1.54, 1.807) is 59.5 Å². The second-order valence-electron chi connectivity index (χ2n) is 8.69. The highest BCUT2D eigenvalue weighted by Crippen LogP contribution is 2.24. The van der Waals surface area contributed by atoms with Crippen molar-refractivity contribution in [2.24, 2.45) is 5.92 Å². The molecular weight excluding hydrogens is 460 g/mol. The summed E-state index contributed by atoms with van der Waals surface area (Å²) < 4.78 is 10.8. The molecule has 1 amide bonds. The fourth-order valence-corrected chi connectivity index (χ4v) is 3.59. The van der Waals surface area contributed by atoms with Crippen molar-refractivity contribution in [2.45, 2.75) is 26.8 Å². The van der Waals surface area contributed by atoms with Crippen LogP contribution in [0.2, 0.25) is 0 Å². The lowest BCUT2D eigenvalue weighted by atomic mass is 10.0. The monoisotopic (exact) mass is 490 g/mol.